The fourth-order valence-corrected chi connectivity index (χ4v) is 0. The Labute approximate surface area is 117 Å². The van der Waals surface area contributed by atoms with E-state index in [9.17, 15) is 0 Å². The summed E-state index contributed by atoms with van der Waals surface area (Å²) < 4.78 is 0. The predicted molar refractivity (Wildman–Crippen MR) is 35.7 cm³/mol. The van der Waals surface area contributed by atoms with Gasteiger partial charge in [0, 0.05) is 0 Å². The minimum Gasteiger partial charge on any atom is 1.00 e. The van der Waals surface area contributed by atoms with Gasteiger partial charge in [0.25, 0.3) is 0 Å². The van der Waals surface area contributed by atoms with E-state index in [0.29, 0.717) is 0 Å². The van der Waals surface area contributed by atoms with Gasteiger partial charge in [0.2, 0.25) is 0 Å². The molecule has 0 spiro atoms. The SMILES string of the molecule is [Br][Pd-2]([Br])([Br])[Br].[Na+].[Na+]. The van der Waals surface area contributed by atoms with Gasteiger partial charge in [-0.05, 0) is 0 Å². The second-order valence-corrected chi connectivity index (χ2v) is 43.3. The van der Waals surface area contributed by atoms with Crippen molar-refractivity contribution < 1.29 is 66.6 Å². The van der Waals surface area contributed by atoms with Gasteiger partial charge in [0.15, 0.2) is 0 Å². The van der Waals surface area contributed by atoms with Crippen molar-refractivity contribution in [2.24, 2.45) is 0 Å². The first-order chi connectivity index (χ1) is 2.00. The summed E-state index contributed by atoms with van der Waals surface area (Å²) in [5, 5.41) is 0. The number of halogens is 4. The third-order valence-corrected chi connectivity index (χ3v) is 0. The monoisotopic (exact) mass is 468 g/mol. The van der Waals surface area contributed by atoms with Gasteiger partial charge in [0.1, 0.15) is 0 Å². The molecule has 0 radical (unpaired) electrons. The Morgan fingerprint density at radius 2 is 0.714 bits per heavy atom. The molecule has 0 aliphatic rings. The Morgan fingerprint density at radius 3 is 0.714 bits per heavy atom. The zero-order valence-corrected chi connectivity index (χ0v) is 15.7. The zero-order chi connectivity index (χ0) is 4.50. The van der Waals surface area contributed by atoms with Crippen LogP contribution in [0, 0.1) is 0 Å². The molecule has 0 amide bonds. The third kappa shape index (κ3) is 37.1. The van der Waals surface area contributed by atoms with Gasteiger partial charge in [-0.1, -0.05) is 0 Å². The second-order valence-electron chi connectivity index (χ2n) is 0.271. The molecular weight excluding hydrogens is 472 g/mol. The van der Waals surface area contributed by atoms with Crippen LogP contribution in [0.5, 0.6) is 0 Å². The Bertz CT molecular complexity index is 25.2. The molecule has 0 aliphatic heterocycles. The van der Waals surface area contributed by atoms with Gasteiger partial charge in [-0.25, -0.2) is 0 Å². The summed E-state index contributed by atoms with van der Waals surface area (Å²) in [4.78, 5) is 0. The molecule has 0 aromatic heterocycles. The summed E-state index contributed by atoms with van der Waals surface area (Å²) in [6.07, 6.45) is 0. The van der Waals surface area contributed by atoms with E-state index in [1.165, 1.54) is 0 Å². The van der Waals surface area contributed by atoms with Crippen LogP contribution in [0.25, 0.3) is 0 Å². The molecule has 7 heavy (non-hydrogen) atoms. The quantitative estimate of drug-likeness (QED) is 0.340. The summed E-state index contributed by atoms with van der Waals surface area (Å²) in [5.41, 5.74) is 0. The normalized spacial score (nSPS) is 10.9. The molecule has 0 aliphatic carbocycles. The molecule has 0 aromatic rings. The maximum absolute atomic E-state index is 3.28. The molecule has 0 heterocycles. The molecule has 0 bridgehead atoms. The van der Waals surface area contributed by atoms with E-state index >= 15 is 0 Å². The van der Waals surface area contributed by atoms with E-state index < -0.39 is 7.47 Å². The zero-order valence-electron chi connectivity index (χ0n) is 3.83. The summed E-state index contributed by atoms with van der Waals surface area (Å²) in [6, 6.07) is 0. The van der Waals surface area contributed by atoms with Crippen LogP contribution in [0.1, 0.15) is 0 Å². The molecule has 40 valence electrons. The fraction of sp³-hybridized carbons (Fsp3) is 0. The maximum Gasteiger partial charge on any atom is 1.00 e. The van der Waals surface area contributed by atoms with E-state index in [0.717, 1.165) is 0 Å². The Morgan fingerprint density at radius 1 is 0.714 bits per heavy atom. The van der Waals surface area contributed by atoms with E-state index in [1.54, 1.807) is 0 Å². The van der Waals surface area contributed by atoms with E-state index in [1.807, 2.05) is 0 Å². The molecule has 7 heteroatoms. The average Bonchev–Trinajstić information content (AvgIpc) is 0.722. The van der Waals surface area contributed by atoms with Crippen LogP contribution in [-0.4, -0.2) is 0 Å². The second kappa shape index (κ2) is 8.68. The molecule has 0 saturated heterocycles. The van der Waals surface area contributed by atoms with E-state index in [-0.39, 0.29) is 59.1 Å². The van der Waals surface area contributed by atoms with Crippen LogP contribution >= 0.6 is 53.7 Å². The van der Waals surface area contributed by atoms with E-state index in [4.69, 9.17) is 0 Å². The molecule has 0 N–H and O–H groups in total. The summed E-state index contributed by atoms with van der Waals surface area (Å²) in [7, 11) is -1.45. The predicted octanol–water partition coefficient (Wildman–Crippen LogP) is -2.61. The topological polar surface area (TPSA) is 0 Å². The minimum absolute atomic E-state index is 0. The first-order valence-corrected chi connectivity index (χ1v) is 14.7. The Balaban J connectivity index is -0.0000000800. The van der Waals surface area contributed by atoms with Gasteiger partial charge < -0.3 is 0 Å². The van der Waals surface area contributed by atoms with Gasteiger partial charge in [-0.3, -0.25) is 0 Å². The van der Waals surface area contributed by atoms with Crippen molar-refractivity contribution in [2.45, 2.75) is 0 Å². The van der Waals surface area contributed by atoms with Crippen LogP contribution in [-0.2, 0) is 7.47 Å². The van der Waals surface area contributed by atoms with Gasteiger partial charge in [-0.2, -0.15) is 0 Å². The van der Waals surface area contributed by atoms with Crippen LogP contribution in [0.15, 0.2) is 0 Å². The number of rotatable bonds is 0. The van der Waals surface area contributed by atoms with Crippen molar-refractivity contribution in [3.05, 3.63) is 0 Å². The van der Waals surface area contributed by atoms with Crippen molar-refractivity contribution in [1.29, 1.82) is 0 Å². The number of hydrogen-bond acceptors (Lipinski definition) is 0. The molecule has 0 rings (SSSR count). The minimum atomic E-state index is -1.45. The maximum atomic E-state index is 3.28. The molecule has 0 saturated carbocycles. The van der Waals surface area contributed by atoms with Crippen LogP contribution in [0.4, 0.5) is 0 Å². The van der Waals surface area contributed by atoms with Crippen LogP contribution in [0.2, 0.25) is 0 Å². The van der Waals surface area contributed by atoms with Gasteiger partial charge in [-0.15, -0.1) is 0 Å². The molecule has 0 aromatic carbocycles. The van der Waals surface area contributed by atoms with Gasteiger partial charge in [0.05, 0.1) is 0 Å². The van der Waals surface area contributed by atoms with Crippen molar-refractivity contribution in [1.82, 2.24) is 0 Å². The first-order valence-electron chi connectivity index (χ1n) is 0.478. The first kappa shape index (κ1) is 17.6. The largest absolute Gasteiger partial charge is 1.00 e. The average molecular weight is 472 g/mol. The molecule has 0 fully saturated rings. The molecule has 0 nitrogen and oxygen atoms in total. The van der Waals surface area contributed by atoms with Crippen molar-refractivity contribution in [3.63, 3.8) is 0 Å². The summed E-state index contributed by atoms with van der Waals surface area (Å²) in [6.45, 7) is 0. The van der Waals surface area contributed by atoms with Crippen molar-refractivity contribution in [2.75, 3.05) is 0 Å². The standard InChI is InChI=1S/4BrH.2Na.Pd/h4*1H;;;/q;;;;2*+1;+2/p-4. The molecule has 0 atom stereocenters. The summed E-state index contributed by atoms with van der Waals surface area (Å²) >= 11 is 13.1. The van der Waals surface area contributed by atoms with Crippen molar-refractivity contribution >= 4 is 53.7 Å². The van der Waals surface area contributed by atoms with Crippen LogP contribution in [0.3, 0.4) is 0 Å². The molecule has 0 unspecified atom stereocenters. The Hall–Kier alpha value is 4.58. The fourth-order valence-electron chi connectivity index (χ4n) is 0. The Kier molecular flexibility index (Phi) is 21.8. The van der Waals surface area contributed by atoms with E-state index in [2.05, 4.69) is 53.7 Å². The van der Waals surface area contributed by atoms with Crippen LogP contribution < -0.4 is 59.1 Å². The smallest absolute Gasteiger partial charge is 1.00 e. The van der Waals surface area contributed by atoms with Gasteiger partial charge >= 0.3 is 120 Å². The molecular formula is Br4Na2Pd. The number of hydrogen-bond donors (Lipinski definition) is 0. The summed E-state index contributed by atoms with van der Waals surface area (Å²) in [5.74, 6) is 0. The third-order valence-electron chi connectivity index (χ3n) is 0. The van der Waals surface area contributed by atoms with Crippen molar-refractivity contribution in [3.8, 4) is 0 Å².